The summed E-state index contributed by atoms with van der Waals surface area (Å²) < 4.78 is 0. The molecule has 1 saturated heterocycles. The third-order valence-corrected chi connectivity index (χ3v) is 4.76. The van der Waals surface area contributed by atoms with E-state index in [1.54, 1.807) is 6.33 Å². The molecule has 1 aromatic heterocycles. The molecule has 0 spiro atoms. The van der Waals surface area contributed by atoms with Crippen molar-refractivity contribution < 1.29 is 0 Å². The molecule has 0 unspecified atom stereocenters. The Morgan fingerprint density at radius 1 is 1.16 bits per heavy atom. The van der Waals surface area contributed by atoms with Crippen LogP contribution in [-0.4, -0.2) is 46.7 Å². The van der Waals surface area contributed by atoms with Gasteiger partial charge < -0.3 is 20.9 Å². The number of nitrogens with zero attached hydrogens (tertiary/aromatic N) is 4. The number of aromatic nitrogens is 3. The summed E-state index contributed by atoms with van der Waals surface area (Å²) in [6, 6.07) is 6.47. The first-order chi connectivity index (χ1) is 12.1. The maximum atomic E-state index is 4.62. The van der Waals surface area contributed by atoms with Gasteiger partial charge in [-0.2, -0.15) is 4.98 Å². The van der Waals surface area contributed by atoms with Crippen molar-refractivity contribution >= 4 is 17.6 Å². The van der Waals surface area contributed by atoms with E-state index in [1.807, 2.05) is 0 Å². The van der Waals surface area contributed by atoms with Gasteiger partial charge in [0.25, 0.3) is 0 Å². The second-order valence-electron chi connectivity index (χ2n) is 7.38. The van der Waals surface area contributed by atoms with Gasteiger partial charge >= 0.3 is 0 Å². The van der Waals surface area contributed by atoms with Crippen molar-refractivity contribution in [2.24, 2.45) is 0 Å². The van der Waals surface area contributed by atoms with Gasteiger partial charge in [0.15, 0.2) is 0 Å². The zero-order valence-electron chi connectivity index (χ0n) is 14.8. The number of piperazine rings is 1. The van der Waals surface area contributed by atoms with E-state index in [-0.39, 0.29) is 5.54 Å². The van der Waals surface area contributed by atoms with E-state index in [0.29, 0.717) is 5.95 Å². The monoisotopic (exact) mass is 339 g/mol. The van der Waals surface area contributed by atoms with E-state index in [4.69, 9.17) is 0 Å². The van der Waals surface area contributed by atoms with Gasteiger partial charge in [0.2, 0.25) is 11.9 Å². The largest absolute Gasteiger partial charge is 0.338 e. The number of hydrogen-bond donors (Lipinski definition) is 3. The molecule has 0 radical (unpaired) electrons. The van der Waals surface area contributed by atoms with E-state index in [1.165, 1.54) is 11.1 Å². The molecule has 132 valence electrons. The van der Waals surface area contributed by atoms with Crippen LogP contribution in [0.3, 0.4) is 0 Å². The quantitative estimate of drug-likeness (QED) is 0.781. The topological polar surface area (TPSA) is 78.0 Å². The van der Waals surface area contributed by atoms with Gasteiger partial charge in [-0.15, -0.1) is 0 Å². The van der Waals surface area contributed by atoms with Crippen molar-refractivity contribution in [1.29, 1.82) is 0 Å². The first-order valence-corrected chi connectivity index (χ1v) is 8.88. The molecule has 7 heteroatoms. The van der Waals surface area contributed by atoms with Crippen molar-refractivity contribution in [1.82, 2.24) is 25.6 Å². The molecular formula is C18H25N7. The summed E-state index contributed by atoms with van der Waals surface area (Å²) in [5, 5.41) is 10.2. The second kappa shape index (κ2) is 6.57. The van der Waals surface area contributed by atoms with Crippen LogP contribution in [0.2, 0.25) is 0 Å². The number of fused-ring (bicyclic) bond motifs is 1. The van der Waals surface area contributed by atoms with Gasteiger partial charge in [0.05, 0.1) is 0 Å². The zero-order chi connectivity index (χ0) is 17.3. The van der Waals surface area contributed by atoms with Crippen molar-refractivity contribution in [3.63, 3.8) is 0 Å². The van der Waals surface area contributed by atoms with Crippen LogP contribution in [-0.2, 0) is 13.0 Å². The van der Waals surface area contributed by atoms with E-state index >= 15 is 0 Å². The van der Waals surface area contributed by atoms with Crippen LogP contribution in [0.25, 0.3) is 0 Å². The van der Waals surface area contributed by atoms with Crippen molar-refractivity contribution in [3.8, 4) is 0 Å². The average Bonchev–Trinajstić information content (AvgIpc) is 2.61. The molecule has 0 aliphatic carbocycles. The van der Waals surface area contributed by atoms with Gasteiger partial charge in [0.1, 0.15) is 6.33 Å². The van der Waals surface area contributed by atoms with E-state index < -0.39 is 0 Å². The Morgan fingerprint density at radius 2 is 2.08 bits per heavy atom. The number of rotatable bonds is 3. The minimum absolute atomic E-state index is 0.0595. The molecule has 1 fully saturated rings. The Balaban J connectivity index is 1.52. The lowest BCUT2D eigenvalue weighted by molar-refractivity contribution is 0.350. The van der Waals surface area contributed by atoms with Crippen LogP contribution in [0.15, 0.2) is 24.5 Å². The zero-order valence-corrected chi connectivity index (χ0v) is 14.8. The molecule has 1 aromatic carbocycles. The summed E-state index contributed by atoms with van der Waals surface area (Å²) >= 11 is 0. The smallest absolute Gasteiger partial charge is 0.231 e. The molecule has 0 saturated carbocycles. The highest BCUT2D eigenvalue weighted by atomic mass is 15.3. The Morgan fingerprint density at radius 3 is 2.96 bits per heavy atom. The van der Waals surface area contributed by atoms with E-state index in [2.05, 4.69) is 67.8 Å². The molecule has 2 aliphatic heterocycles. The molecule has 2 aliphatic rings. The molecule has 4 rings (SSSR count). The normalized spacial score (nSPS) is 19.4. The summed E-state index contributed by atoms with van der Waals surface area (Å²) in [4.78, 5) is 15.5. The Kier molecular flexibility index (Phi) is 4.27. The molecule has 3 N–H and O–H groups in total. The fourth-order valence-corrected chi connectivity index (χ4v) is 3.50. The van der Waals surface area contributed by atoms with Crippen molar-refractivity contribution in [2.75, 3.05) is 36.4 Å². The Labute approximate surface area is 148 Å². The minimum atomic E-state index is 0.0595. The Hall–Kier alpha value is -2.25. The fourth-order valence-electron chi connectivity index (χ4n) is 3.50. The van der Waals surface area contributed by atoms with Crippen LogP contribution in [0.4, 0.5) is 17.6 Å². The summed E-state index contributed by atoms with van der Waals surface area (Å²) in [5.41, 5.74) is 3.84. The standard InChI is InChI=1S/C18H25N7/c1-18(2)11-25(8-7-22-18)17-21-12-20-16(24-17)23-15-4-3-13-5-6-19-10-14(13)9-15/h3-4,9,12,19,22H,5-8,10-11H2,1-2H3,(H,20,21,23,24). The fraction of sp³-hybridized carbons (Fsp3) is 0.500. The van der Waals surface area contributed by atoms with Crippen LogP contribution in [0, 0.1) is 0 Å². The maximum Gasteiger partial charge on any atom is 0.231 e. The molecule has 25 heavy (non-hydrogen) atoms. The lowest BCUT2D eigenvalue weighted by atomic mass is 10.0. The maximum absolute atomic E-state index is 4.62. The van der Waals surface area contributed by atoms with Gasteiger partial charge in [0, 0.05) is 37.4 Å². The highest BCUT2D eigenvalue weighted by Crippen LogP contribution is 2.22. The summed E-state index contributed by atoms with van der Waals surface area (Å²) in [6.07, 6.45) is 2.67. The third-order valence-electron chi connectivity index (χ3n) is 4.76. The predicted molar refractivity (Wildman–Crippen MR) is 99.3 cm³/mol. The molecule has 0 amide bonds. The second-order valence-corrected chi connectivity index (χ2v) is 7.38. The van der Waals surface area contributed by atoms with Crippen molar-refractivity contribution in [2.45, 2.75) is 32.4 Å². The Bertz CT molecular complexity index is 759. The third kappa shape index (κ3) is 3.72. The molecule has 0 atom stereocenters. The molecule has 3 heterocycles. The van der Waals surface area contributed by atoms with Gasteiger partial charge in [-0.05, 0) is 50.1 Å². The first-order valence-electron chi connectivity index (χ1n) is 8.88. The van der Waals surface area contributed by atoms with Crippen LogP contribution in [0.1, 0.15) is 25.0 Å². The van der Waals surface area contributed by atoms with Crippen LogP contribution >= 0.6 is 0 Å². The summed E-state index contributed by atoms with van der Waals surface area (Å²) in [6.45, 7) is 9.07. The number of hydrogen-bond acceptors (Lipinski definition) is 7. The lowest BCUT2D eigenvalue weighted by Gasteiger charge is -2.39. The number of nitrogens with one attached hydrogen (secondary N) is 3. The molecule has 0 bridgehead atoms. The average molecular weight is 339 g/mol. The number of anilines is 3. The van der Waals surface area contributed by atoms with Crippen LogP contribution in [0.5, 0.6) is 0 Å². The molecular weight excluding hydrogens is 314 g/mol. The van der Waals surface area contributed by atoms with Crippen molar-refractivity contribution in [3.05, 3.63) is 35.7 Å². The van der Waals surface area contributed by atoms with Gasteiger partial charge in [-0.1, -0.05) is 6.07 Å². The van der Waals surface area contributed by atoms with Crippen LogP contribution < -0.4 is 20.9 Å². The first kappa shape index (κ1) is 16.2. The summed E-state index contributed by atoms with van der Waals surface area (Å²) in [5.74, 6) is 1.32. The lowest BCUT2D eigenvalue weighted by Crippen LogP contribution is -2.57. The highest BCUT2D eigenvalue weighted by Gasteiger charge is 2.27. The van der Waals surface area contributed by atoms with Gasteiger partial charge in [-0.25, -0.2) is 9.97 Å². The SMILES string of the molecule is CC1(C)CN(c2ncnc(Nc3ccc4c(c3)CNCC4)n2)CCN1. The van der Waals surface area contributed by atoms with E-state index in [0.717, 1.165) is 50.8 Å². The van der Waals surface area contributed by atoms with Gasteiger partial charge in [-0.3, -0.25) is 0 Å². The molecule has 2 aromatic rings. The molecule has 7 nitrogen and oxygen atoms in total. The van der Waals surface area contributed by atoms with E-state index in [9.17, 15) is 0 Å². The summed E-state index contributed by atoms with van der Waals surface area (Å²) in [7, 11) is 0. The number of benzene rings is 1. The predicted octanol–water partition coefficient (Wildman–Crippen LogP) is 1.45. The highest BCUT2D eigenvalue weighted by molar-refractivity contribution is 5.57. The minimum Gasteiger partial charge on any atom is -0.338 e.